The molecule has 5 heteroatoms. The fourth-order valence-electron chi connectivity index (χ4n) is 1.96. The molecule has 2 aromatic carbocycles. The normalized spacial score (nSPS) is 10.8. The van der Waals surface area contributed by atoms with E-state index >= 15 is 0 Å². The molecule has 0 heterocycles. The van der Waals surface area contributed by atoms with E-state index in [1.54, 1.807) is 25.1 Å². The molecule has 2 rings (SSSR count). The number of halogens is 4. The van der Waals surface area contributed by atoms with E-state index < -0.39 is 41.0 Å². The number of aliphatic hydroxyl groups excluding tert-OH is 1. The van der Waals surface area contributed by atoms with Crippen LogP contribution in [0, 0.1) is 30.2 Å². The third kappa shape index (κ3) is 2.10. The maximum Gasteiger partial charge on any atom is 0.198 e. The Morgan fingerprint density at radius 2 is 1.47 bits per heavy atom. The molecule has 0 spiro atoms. The Morgan fingerprint density at radius 3 is 2.05 bits per heavy atom. The van der Waals surface area contributed by atoms with Gasteiger partial charge in [-0.2, -0.15) is 0 Å². The number of aliphatic hydroxyl groups is 1. The molecule has 0 atom stereocenters. The van der Waals surface area contributed by atoms with E-state index in [9.17, 15) is 17.6 Å². The minimum atomic E-state index is -1.92. The molecule has 0 amide bonds. The number of benzene rings is 2. The average molecular weight is 270 g/mol. The summed E-state index contributed by atoms with van der Waals surface area (Å²) in [5.74, 6) is -6.87. The van der Waals surface area contributed by atoms with Crippen molar-refractivity contribution in [1.29, 1.82) is 0 Å². The fraction of sp³-hybridized carbons (Fsp3) is 0.143. The first kappa shape index (κ1) is 13.5. The molecular formula is C14H10F4O. The molecule has 0 bridgehead atoms. The Kier molecular flexibility index (Phi) is 3.57. The second kappa shape index (κ2) is 5.01. The molecule has 2 aromatic rings. The van der Waals surface area contributed by atoms with E-state index in [0.717, 1.165) is 0 Å². The Labute approximate surface area is 107 Å². The van der Waals surface area contributed by atoms with E-state index in [1.807, 2.05) is 0 Å². The first-order chi connectivity index (χ1) is 8.99. The molecule has 0 saturated carbocycles. The summed E-state index contributed by atoms with van der Waals surface area (Å²) >= 11 is 0. The highest BCUT2D eigenvalue weighted by atomic mass is 19.2. The monoisotopic (exact) mass is 270 g/mol. The van der Waals surface area contributed by atoms with Crippen LogP contribution in [0.4, 0.5) is 17.6 Å². The quantitative estimate of drug-likeness (QED) is 0.501. The molecule has 19 heavy (non-hydrogen) atoms. The van der Waals surface area contributed by atoms with E-state index in [-0.39, 0.29) is 5.56 Å². The van der Waals surface area contributed by atoms with Crippen molar-refractivity contribution in [3.63, 3.8) is 0 Å². The van der Waals surface area contributed by atoms with Crippen LogP contribution in [0.15, 0.2) is 24.3 Å². The highest BCUT2D eigenvalue weighted by Gasteiger charge is 2.26. The molecule has 0 aliphatic carbocycles. The van der Waals surface area contributed by atoms with Gasteiger partial charge in [0.2, 0.25) is 0 Å². The third-order valence-electron chi connectivity index (χ3n) is 2.94. The van der Waals surface area contributed by atoms with E-state index in [2.05, 4.69) is 0 Å². The van der Waals surface area contributed by atoms with Crippen LogP contribution in [-0.4, -0.2) is 5.11 Å². The SMILES string of the molecule is Cc1ccccc1-c1c(F)c(F)c(F)c(F)c1CO. The lowest BCUT2D eigenvalue weighted by Crippen LogP contribution is -2.06. The highest BCUT2D eigenvalue weighted by Crippen LogP contribution is 2.34. The Balaban J connectivity index is 2.87. The lowest BCUT2D eigenvalue weighted by molar-refractivity contribution is 0.271. The van der Waals surface area contributed by atoms with Crippen LogP contribution >= 0.6 is 0 Å². The molecule has 100 valence electrons. The minimum absolute atomic E-state index is 0.210. The van der Waals surface area contributed by atoms with Crippen molar-refractivity contribution >= 4 is 0 Å². The summed E-state index contributed by atoms with van der Waals surface area (Å²) in [7, 11) is 0. The number of rotatable bonds is 2. The van der Waals surface area contributed by atoms with Gasteiger partial charge in [0, 0.05) is 11.1 Å². The Hall–Kier alpha value is -1.88. The van der Waals surface area contributed by atoms with Gasteiger partial charge in [0.1, 0.15) is 0 Å². The second-order valence-corrected chi connectivity index (χ2v) is 4.08. The van der Waals surface area contributed by atoms with Gasteiger partial charge in [0.05, 0.1) is 6.61 Å². The minimum Gasteiger partial charge on any atom is -0.392 e. The van der Waals surface area contributed by atoms with Gasteiger partial charge in [0.15, 0.2) is 23.3 Å². The number of aryl methyl sites for hydroxylation is 1. The van der Waals surface area contributed by atoms with Crippen molar-refractivity contribution in [3.8, 4) is 11.1 Å². The van der Waals surface area contributed by atoms with Gasteiger partial charge in [-0.3, -0.25) is 0 Å². The summed E-state index contributed by atoms with van der Waals surface area (Å²) in [6.07, 6.45) is 0. The smallest absolute Gasteiger partial charge is 0.198 e. The van der Waals surface area contributed by atoms with Crippen molar-refractivity contribution in [1.82, 2.24) is 0 Å². The maximum atomic E-state index is 13.9. The van der Waals surface area contributed by atoms with E-state index in [1.165, 1.54) is 6.07 Å². The van der Waals surface area contributed by atoms with Crippen molar-refractivity contribution in [3.05, 3.63) is 58.7 Å². The van der Waals surface area contributed by atoms with E-state index in [0.29, 0.717) is 5.56 Å². The van der Waals surface area contributed by atoms with Crippen molar-refractivity contribution in [2.24, 2.45) is 0 Å². The molecule has 0 aliphatic rings. The predicted octanol–water partition coefficient (Wildman–Crippen LogP) is 3.71. The van der Waals surface area contributed by atoms with Gasteiger partial charge in [0.25, 0.3) is 0 Å². The van der Waals surface area contributed by atoms with Crippen LogP contribution < -0.4 is 0 Å². The standard InChI is InChI=1S/C14H10F4O/c1-7-4-2-3-5-8(7)10-9(6-19)11(15)13(17)14(18)12(10)16/h2-5,19H,6H2,1H3. The van der Waals surface area contributed by atoms with Crippen molar-refractivity contribution < 1.29 is 22.7 Å². The summed E-state index contributed by atoms with van der Waals surface area (Å²) < 4.78 is 53.9. The van der Waals surface area contributed by atoms with E-state index in [4.69, 9.17) is 5.11 Å². The summed E-state index contributed by atoms with van der Waals surface area (Å²) in [5.41, 5.74) is -0.272. The topological polar surface area (TPSA) is 20.2 Å². The second-order valence-electron chi connectivity index (χ2n) is 4.08. The number of hydrogen-bond donors (Lipinski definition) is 1. The zero-order chi connectivity index (χ0) is 14.2. The highest BCUT2D eigenvalue weighted by molar-refractivity contribution is 5.71. The average Bonchev–Trinajstić information content (AvgIpc) is 2.41. The molecule has 0 radical (unpaired) electrons. The molecule has 1 nitrogen and oxygen atoms in total. The fourth-order valence-corrected chi connectivity index (χ4v) is 1.96. The zero-order valence-corrected chi connectivity index (χ0v) is 9.98. The Morgan fingerprint density at radius 1 is 0.895 bits per heavy atom. The van der Waals surface area contributed by atoms with Crippen LogP contribution in [0.25, 0.3) is 11.1 Å². The van der Waals surface area contributed by atoms with Crippen LogP contribution in [0.3, 0.4) is 0 Å². The first-order valence-corrected chi connectivity index (χ1v) is 5.50. The molecular weight excluding hydrogens is 260 g/mol. The van der Waals surface area contributed by atoms with Gasteiger partial charge < -0.3 is 5.11 Å². The molecule has 0 aromatic heterocycles. The molecule has 0 unspecified atom stereocenters. The van der Waals surface area contributed by atoms with Gasteiger partial charge in [-0.25, -0.2) is 17.6 Å². The third-order valence-corrected chi connectivity index (χ3v) is 2.94. The molecule has 1 N–H and O–H groups in total. The maximum absolute atomic E-state index is 13.9. The summed E-state index contributed by atoms with van der Waals surface area (Å²) in [6, 6.07) is 6.30. The number of hydrogen-bond acceptors (Lipinski definition) is 1. The van der Waals surface area contributed by atoms with Crippen LogP contribution in [0.2, 0.25) is 0 Å². The van der Waals surface area contributed by atoms with Crippen molar-refractivity contribution in [2.45, 2.75) is 13.5 Å². The van der Waals surface area contributed by atoms with Crippen LogP contribution in [-0.2, 0) is 6.61 Å². The van der Waals surface area contributed by atoms with Gasteiger partial charge in [-0.05, 0) is 18.1 Å². The lowest BCUT2D eigenvalue weighted by Gasteiger charge is -2.14. The molecule has 0 aliphatic heterocycles. The molecule has 0 saturated heterocycles. The summed E-state index contributed by atoms with van der Waals surface area (Å²) in [6.45, 7) is 0.693. The molecule has 0 fully saturated rings. The lowest BCUT2D eigenvalue weighted by atomic mass is 9.95. The Bertz CT molecular complexity index is 638. The van der Waals surface area contributed by atoms with Gasteiger partial charge >= 0.3 is 0 Å². The van der Waals surface area contributed by atoms with Gasteiger partial charge in [-0.15, -0.1) is 0 Å². The van der Waals surface area contributed by atoms with Gasteiger partial charge in [-0.1, -0.05) is 24.3 Å². The largest absolute Gasteiger partial charge is 0.392 e. The van der Waals surface area contributed by atoms with Crippen LogP contribution in [0.1, 0.15) is 11.1 Å². The van der Waals surface area contributed by atoms with Crippen LogP contribution in [0.5, 0.6) is 0 Å². The van der Waals surface area contributed by atoms with Crippen molar-refractivity contribution in [2.75, 3.05) is 0 Å². The predicted molar refractivity (Wildman–Crippen MR) is 62.4 cm³/mol. The summed E-state index contributed by atoms with van der Waals surface area (Å²) in [5, 5.41) is 9.10. The zero-order valence-electron chi connectivity index (χ0n) is 9.98. The summed E-state index contributed by atoms with van der Waals surface area (Å²) in [4.78, 5) is 0. The first-order valence-electron chi connectivity index (χ1n) is 5.50.